The molecule has 0 radical (unpaired) electrons. The van der Waals surface area contributed by atoms with E-state index in [2.05, 4.69) is 40.6 Å². The fraction of sp³-hybridized carbons (Fsp3) is 0.300. The first kappa shape index (κ1) is 21.0. The number of anilines is 1. The lowest BCUT2D eigenvalue weighted by Crippen LogP contribution is -2.31. The van der Waals surface area contributed by atoms with E-state index in [1.807, 2.05) is 11.6 Å². The van der Waals surface area contributed by atoms with Gasteiger partial charge in [0, 0.05) is 26.1 Å². The van der Waals surface area contributed by atoms with Crippen molar-refractivity contribution in [1.29, 1.82) is 0 Å². The number of benzene rings is 1. The molecule has 0 aliphatic rings. The van der Waals surface area contributed by atoms with Gasteiger partial charge in [-0.2, -0.15) is 13.1 Å². The van der Waals surface area contributed by atoms with Gasteiger partial charge in [0.25, 0.3) is 10.2 Å². The minimum atomic E-state index is -4.30. The van der Waals surface area contributed by atoms with Crippen LogP contribution in [0.4, 0.5) is 5.82 Å². The highest BCUT2D eigenvalue weighted by atomic mass is 79.9. The zero-order valence-corrected chi connectivity index (χ0v) is 19.8. The predicted molar refractivity (Wildman–Crippen MR) is 124 cm³/mol. The highest BCUT2D eigenvalue weighted by Gasteiger charge is 2.19. The maximum atomic E-state index is 12.6. The van der Waals surface area contributed by atoms with Gasteiger partial charge in [0.05, 0.1) is 5.56 Å². The standard InChI is InChI=1S/C20H23BrN6O4S/c1-3-8-26-32(28,29)27-18-17(15-4-6-16(21)7-5-15)19(25-13-24-18)30-9-10-31-20-22-11-14(2)12-23-20/h4-7,11-13,26H,3,8-10H2,1-2H3,(H,24,25,27)/i8D2. The molecule has 0 saturated carbocycles. The predicted octanol–water partition coefficient (Wildman–Crippen LogP) is 3.12. The van der Waals surface area contributed by atoms with Crippen LogP contribution in [0.5, 0.6) is 11.9 Å². The molecule has 2 N–H and O–H groups in total. The van der Waals surface area contributed by atoms with Crippen molar-refractivity contribution in [2.24, 2.45) is 0 Å². The van der Waals surface area contributed by atoms with Crippen LogP contribution in [0.25, 0.3) is 11.1 Å². The number of hydrogen-bond acceptors (Lipinski definition) is 8. The van der Waals surface area contributed by atoms with Gasteiger partial charge < -0.3 is 9.47 Å². The van der Waals surface area contributed by atoms with Gasteiger partial charge in [-0.05, 0) is 36.6 Å². The van der Waals surface area contributed by atoms with Crippen LogP contribution in [0.2, 0.25) is 0 Å². The minimum Gasteiger partial charge on any atom is -0.473 e. The van der Waals surface area contributed by atoms with Crippen molar-refractivity contribution in [2.75, 3.05) is 24.4 Å². The average Bonchev–Trinajstić information content (AvgIpc) is 2.78. The maximum absolute atomic E-state index is 12.6. The third-order valence-electron chi connectivity index (χ3n) is 3.87. The topological polar surface area (TPSA) is 128 Å². The van der Waals surface area contributed by atoms with Crippen LogP contribution >= 0.6 is 15.9 Å². The van der Waals surface area contributed by atoms with Crippen LogP contribution in [0.3, 0.4) is 0 Å². The molecule has 0 saturated heterocycles. The van der Waals surface area contributed by atoms with Gasteiger partial charge in [-0.25, -0.2) is 19.9 Å². The SMILES string of the molecule is [2H]C([2H])(CC)NS(=O)(=O)Nc1ncnc(OCCOc2ncc(C)cn2)c1-c1ccc(Br)cc1. The molecular formula is C20H23BrN6O4S. The monoisotopic (exact) mass is 524 g/mol. The normalized spacial score (nSPS) is 12.6. The van der Waals surface area contributed by atoms with E-state index in [0.29, 0.717) is 5.56 Å². The van der Waals surface area contributed by atoms with Crippen LogP contribution in [-0.4, -0.2) is 48.1 Å². The molecule has 10 nitrogen and oxygen atoms in total. The zero-order valence-electron chi connectivity index (χ0n) is 19.4. The molecule has 0 bridgehead atoms. The summed E-state index contributed by atoms with van der Waals surface area (Å²) in [6.07, 6.45) is 4.35. The molecule has 0 unspecified atom stereocenters. The first-order valence-electron chi connectivity index (χ1n) is 10.6. The minimum absolute atomic E-state index is 0.0592. The van der Waals surface area contributed by atoms with E-state index >= 15 is 0 Å². The van der Waals surface area contributed by atoms with Crippen molar-refractivity contribution in [3.05, 3.63) is 53.0 Å². The number of nitrogens with zero attached hydrogens (tertiary/aromatic N) is 4. The van der Waals surface area contributed by atoms with Gasteiger partial charge in [0.1, 0.15) is 19.5 Å². The summed E-state index contributed by atoms with van der Waals surface area (Å²) in [5.74, 6) is 0.0384. The largest absolute Gasteiger partial charge is 0.473 e. The summed E-state index contributed by atoms with van der Waals surface area (Å²) in [6.45, 7) is 1.44. The number of hydrogen-bond donors (Lipinski definition) is 2. The fourth-order valence-electron chi connectivity index (χ4n) is 2.48. The lowest BCUT2D eigenvalue weighted by molar-refractivity contribution is 0.202. The van der Waals surface area contributed by atoms with E-state index in [0.717, 1.165) is 16.4 Å². The summed E-state index contributed by atoms with van der Waals surface area (Å²) >= 11 is 3.37. The summed E-state index contributed by atoms with van der Waals surface area (Å²) in [4.78, 5) is 16.3. The Kier molecular flexibility index (Phi) is 7.34. The summed E-state index contributed by atoms with van der Waals surface area (Å²) in [5.41, 5.74) is 1.77. The zero-order chi connectivity index (χ0) is 24.8. The summed E-state index contributed by atoms with van der Waals surface area (Å²) in [6, 6.07) is 7.23. The number of nitrogens with one attached hydrogen (secondary N) is 2. The van der Waals surface area contributed by atoms with Crippen LogP contribution < -0.4 is 18.9 Å². The van der Waals surface area contributed by atoms with Gasteiger partial charge in [0.2, 0.25) is 5.88 Å². The second-order valence-corrected chi connectivity index (χ2v) is 8.72. The average molecular weight is 525 g/mol. The van der Waals surface area contributed by atoms with Crippen molar-refractivity contribution in [2.45, 2.75) is 20.3 Å². The van der Waals surface area contributed by atoms with Crippen molar-refractivity contribution in [1.82, 2.24) is 24.7 Å². The molecule has 3 aromatic rings. The first-order chi connectivity index (χ1) is 16.1. The van der Waals surface area contributed by atoms with E-state index in [-0.39, 0.29) is 42.9 Å². The molecule has 2 heterocycles. The van der Waals surface area contributed by atoms with Crippen molar-refractivity contribution in [3.8, 4) is 23.0 Å². The summed E-state index contributed by atoms with van der Waals surface area (Å²) in [5, 5.41) is 0. The Morgan fingerprint density at radius 3 is 2.44 bits per heavy atom. The number of halogens is 1. The second kappa shape index (κ2) is 11.2. The summed E-state index contributed by atoms with van der Waals surface area (Å²) < 4.78 is 56.9. The Bertz CT molecular complexity index is 1210. The fourth-order valence-corrected chi connectivity index (χ4v) is 3.54. The van der Waals surface area contributed by atoms with Crippen molar-refractivity contribution in [3.63, 3.8) is 0 Å². The Hall–Kier alpha value is -2.83. The van der Waals surface area contributed by atoms with Gasteiger partial charge in [-0.1, -0.05) is 35.0 Å². The van der Waals surface area contributed by atoms with Gasteiger partial charge >= 0.3 is 6.01 Å². The highest BCUT2D eigenvalue weighted by Crippen LogP contribution is 2.34. The Balaban J connectivity index is 1.84. The number of aryl methyl sites for hydroxylation is 1. The highest BCUT2D eigenvalue weighted by molar-refractivity contribution is 9.10. The number of aromatic nitrogens is 4. The van der Waals surface area contributed by atoms with Crippen molar-refractivity contribution >= 4 is 32.0 Å². The Morgan fingerprint density at radius 2 is 1.75 bits per heavy atom. The second-order valence-electron chi connectivity index (χ2n) is 6.39. The summed E-state index contributed by atoms with van der Waals surface area (Å²) in [7, 11) is -4.30. The molecule has 32 heavy (non-hydrogen) atoms. The lowest BCUT2D eigenvalue weighted by atomic mass is 10.1. The number of rotatable bonds is 11. The van der Waals surface area contributed by atoms with Crippen LogP contribution in [0, 0.1) is 6.92 Å². The molecule has 0 aliphatic carbocycles. The van der Waals surface area contributed by atoms with Crippen LogP contribution in [-0.2, 0) is 10.2 Å². The quantitative estimate of drug-likeness (QED) is 0.366. The van der Waals surface area contributed by atoms with Gasteiger partial charge in [-0.3, -0.25) is 4.72 Å². The van der Waals surface area contributed by atoms with Crippen LogP contribution in [0.1, 0.15) is 21.6 Å². The first-order valence-corrected chi connectivity index (χ1v) is 11.8. The van der Waals surface area contributed by atoms with E-state index in [9.17, 15) is 8.42 Å². The lowest BCUT2D eigenvalue weighted by Gasteiger charge is -2.15. The molecule has 0 aliphatic heterocycles. The molecule has 170 valence electrons. The van der Waals surface area contributed by atoms with E-state index in [4.69, 9.17) is 12.2 Å². The molecule has 2 aromatic heterocycles. The molecule has 0 amide bonds. The molecule has 1 aromatic carbocycles. The Labute approximate surface area is 198 Å². The van der Waals surface area contributed by atoms with Crippen molar-refractivity contribution < 1.29 is 20.6 Å². The van der Waals surface area contributed by atoms with E-state index in [1.54, 1.807) is 36.7 Å². The van der Waals surface area contributed by atoms with E-state index in [1.165, 1.54) is 6.92 Å². The number of ether oxygens (including phenoxy) is 2. The molecule has 0 atom stereocenters. The van der Waals surface area contributed by atoms with E-state index < -0.39 is 16.7 Å². The molecule has 0 spiro atoms. The molecule has 3 rings (SSSR count). The molecule has 0 fully saturated rings. The smallest absolute Gasteiger partial charge is 0.316 e. The maximum Gasteiger partial charge on any atom is 0.316 e. The third kappa shape index (κ3) is 6.84. The van der Waals surface area contributed by atoms with Crippen LogP contribution in [0.15, 0.2) is 47.5 Å². The van der Waals surface area contributed by atoms with Gasteiger partial charge in [0.15, 0.2) is 5.82 Å². The van der Waals surface area contributed by atoms with Gasteiger partial charge in [-0.15, -0.1) is 0 Å². The third-order valence-corrected chi connectivity index (χ3v) is 5.27. The molecule has 12 heteroatoms. The Morgan fingerprint density at radius 1 is 1.06 bits per heavy atom. The molecular weight excluding hydrogens is 500 g/mol.